The number of aromatic nitrogens is 2. The normalized spacial score (nSPS) is 18.5. The van der Waals surface area contributed by atoms with E-state index in [1.807, 2.05) is 0 Å². The standard InChI is InChI=1S/C16H21N3O2/c1-12-3-5-13(6-4-12)9-19(2)10-15-17-16(18-21-15)14-7-8-20-11-14/h3-6,14H,7-11H2,1-2H3/t14-/m0/s1. The third-order valence-electron chi connectivity index (χ3n) is 3.76. The molecule has 5 nitrogen and oxygen atoms in total. The second-order valence-electron chi connectivity index (χ2n) is 5.76. The molecule has 1 aromatic heterocycles. The average molecular weight is 287 g/mol. The summed E-state index contributed by atoms with van der Waals surface area (Å²) in [6, 6.07) is 8.57. The maximum absolute atomic E-state index is 5.36. The molecule has 1 aliphatic rings. The molecule has 0 saturated carbocycles. The zero-order valence-electron chi connectivity index (χ0n) is 12.6. The van der Waals surface area contributed by atoms with Crippen molar-refractivity contribution in [1.29, 1.82) is 0 Å². The monoisotopic (exact) mass is 287 g/mol. The molecule has 0 radical (unpaired) electrons. The Morgan fingerprint density at radius 1 is 1.24 bits per heavy atom. The van der Waals surface area contributed by atoms with Crippen molar-refractivity contribution in [2.45, 2.75) is 32.4 Å². The summed E-state index contributed by atoms with van der Waals surface area (Å²) in [5.74, 6) is 1.75. The third-order valence-corrected chi connectivity index (χ3v) is 3.76. The molecule has 0 bridgehead atoms. The van der Waals surface area contributed by atoms with Crippen molar-refractivity contribution in [2.75, 3.05) is 20.3 Å². The molecule has 2 aromatic rings. The summed E-state index contributed by atoms with van der Waals surface area (Å²) in [7, 11) is 2.06. The molecule has 1 fully saturated rings. The largest absolute Gasteiger partial charge is 0.381 e. The maximum atomic E-state index is 5.36. The van der Waals surface area contributed by atoms with Crippen molar-refractivity contribution in [1.82, 2.24) is 15.0 Å². The van der Waals surface area contributed by atoms with Gasteiger partial charge in [-0.05, 0) is 26.0 Å². The van der Waals surface area contributed by atoms with Gasteiger partial charge in [0.15, 0.2) is 5.82 Å². The van der Waals surface area contributed by atoms with Crippen molar-refractivity contribution >= 4 is 0 Å². The Labute approximate surface area is 124 Å². The first-order chi connectivity index (χ1) is 10.2. The zero-order valence-corrected chi connectivity index (χ0v) is 12.6. The molecule has 112 valence electrons. The van der Waals surface area contributed by atoms with Crippen LogP contribution in [0.1, 0.15) is 35.2 Å². The number of rotatable bonds is 5. The van der Waals surface area contributed by atoms with Crippen molar-refractivity contribution in [3.05, 3.63) is 47.1 Å². The smallest absolute Gasteiger partial charge is 0.240 e. The van der Waals surface area contributed by atoms with E-state index in [1.165, 1.54) is 11.1 Å². The molecule has 2 heterocycles. The number of benzene rings is 1. The Bertz CT molecular complexity index is 573. The van der Waals surface area contributed by atoms with Crippen LogP contribution in [0.15, 0.2) is 28.8 Å². The quantitative estimate of drug-likeness (QED) is 0.845. The Morgan fingerprint density at radius 3 is 2.76 bits per heavy atom. The van der Waals surface area contributed by atoms with E-state index in [-0.39, 0.29) is 0 Å². The van der Waals surface area contributed by atoms with E-state index in [2.05, 4.69) is 53.3 Å². The lowest BCUT2D eigenvalue weighted by Gasteiger charge is -2.14. The highest BCUT2D eigenvalue weighted by molar-refractivity contribution is 5.21. The van der Waals surface area contributed by atoms with Crippen LogP contribution in [0.5, 0.6) is 0 Å². The van der Waals surface area contributed by atoms with Crippen molar-refractivity contribution in [3.8, 4) is 0 Å². The fraction of sp³-hybridized carbons (Fsp3) is 0.500. The summed E-state index contributed by atoms with van der Waals surface area (Å²) in [6.07, 6.45) is 0.984. The van der Waals surface area contributed by atoms with Crippen LogP contribution in [0.3, 0.4) is 0 Å². The number of hydrogen-bond donors (Lipinski definition) is 0. The molecule has 0 spiro atoms. The van der Waals surface area contributed by atoms with Crippen molar-refractivity contribution < 1.29 is 9.26 Å². The lowest BCUT2D eigenvalue weighted by atomic mass is 10.1. The summed E-state index contributed by atoms with van der Waals surface area (Å²) < 4.78 is 10.7. The van der Waals surface area contributed by atoms with Gasteiger partial charge in [-0.15, -0.1) is 0 Å². The van der Waals surface area contributed by atoms with E-state index < -0.39 is 0 Å². The molecule has 1 aromatic carbocycles. The van der Waals surface area contributed by atoms with Crippen LogP contribution in [0.25, 0.3) is 0 Å². The van der Waals surface area contributed by atoms with E-state index in [0.29, 0.717) is 25.0 Å². The fourth-order valence-electron chi connectivity index (χ4n) is 2.53. The summed E-state index contributed by atoms with van der Waals surface area (Å²) in [6.45, 7) is 5.12. The summed E-state index contributed by atoms with van der Waals surface area (Å²) in [5, 5.41) is 4.08. The van der Waals surface area contributed by atoms with Crippen molar-refractivity contribution in [3.63, 3.8) is 0 Å². The Balaban J connectivity index is 1.56. The van der Waals surface area contributed by atoms with Gasteiger partial charge in [-0.2, -0.15) is 4.98 Å². The van der Waals surface area contributed by atoms with Crippen molar-refractivity contribution in [2.24, 2.45) is 0 Å². The summed E-state index contributed by atoms with van der Waals surface area (Å²) in [5.41, 5.74) is 2.56. The minimum absolute atomic E-state index is 0.296. The molecule has 0 unspecified atom stereocenters. The lowest BCUT2D eigenvalue weighted by Crippen LogP contribution is -2.17. The predicted molar refractivity (Wildman–Crippen MR) is 78.8 cm³/mol. The van der Waals surface area contributed by atoms with Gasteiger partial charge in [-0.3, -0.25) is 4.90 Å². The molecule has 0 N–H and O–H groups in total. The molecular formula is C16H21N3O2. The zero-order chi connectivity index (χ0) is 14.7. The highest BCUT2D eigenvalue weighted by Crippen LogP contribution is 2.22. The molecule has 1 saturated heterocycles. The molecule has 21 heavy (non-hydrogen) atoms. The van der Waals surface area contributed by atoms with Crippen LogP contribution < -0.4 is 0 Å². The topological polar surface area (TPSA) is 51.4 Å². The predicted octanol–water partition coefficient (Wildman–Crippen LogP) is 2.51. The fourth-order valence-corrected chi connectivity index (χ4v) is 2.53. The Kier molecular flexibility index (Phi) is 4.31. The highest BCUT2D eigenvalue weighted by atomic mass is 16.5. The Morgan fingerprint density at radius 2 is 2.05 bits per heavy atom. The second kappa shape index (κ2) is 6.37. The second-order valence-corrected chi connectivity index (χ2v) is 5.76. The molecule has 1 atom stereocenters. The van der Waals surface area contributed by atoms with Gasteiger partial charge in [0.05, 0.1) is 13.2 Å². The van der Waals surface area contributed by atoms with Crippen LogP contribution in [0, 0.1) is 6.92 Å². The van der Waals surface area contributed by atoms with Crippen LogP contribution >= 0.6 is 0 Å². The van der Waals surface area contributed by atoms with E-state index in [9.17, 15) is 0 Å². The highest BCUT2D eigenvalue weighted by Gasteiger charge is 2.23. The first-order valence-corrected chi connectivity index (χ1v) is 7.35. The average Bonchev–Trinajstić information content (AvgIpc) is 3.12. The molecule has 5 heteroatoms. The SMILES string of the molecule is Cc1ccc(CN(C)Cc2nc([C@H]3CCOC3)no2)cc1. The molecule has 0 aliphatic carbocycles. The van der Waals surface area contributed by atoms with E-state index in [1.54, 1.807) is 0 Å². The van der Waals surface area contributed by atoms with Crippen LogP contribution in [-0.2, 0) is 17.8 Å². The van der Waals surface area contributed by atoms with Gasteiger partial charge in [-0.1, -0.05) is 35.0 Å². The van der Waals surface area contributed by atoms with Gasteiger partial charge in [0, 0.05) is 19.1 Å². The Hall–Kier alpha value is -1.72. The molecule has 0 amide bonds. The number of aryl methyl sites for hydroxylation is 1. The number of ether oxygens (including phenoxy) is 1. The van der Waals surface area contributed by atoms with Gasteiger partial charge in [0.1, 0.15) is 0 Å². The van der Waals surface area contributed by atoms with Gasteiger partial charge in [0.25, 0.3) is 0 Å². The molecular weight excluding hydrogens is 266 g/mol. The van der Waals surface area contributed by atoms with E-state index in [4.69, 9.17) is 9.26 Å². The summed E-state index contributed by atoms with van der Waals surface area (Å²) in [4.78, 5) is 6.66. The molecule has 3 rings (SSSR count). The van der Waals surface area contributed by atoms with E-state index in [0.717, 1.165) is 25.4 Å². The third kappa shape index (κ3) is 3.68. The minimum atomic E-state index is 0.296. The van der Waals surface area contributed by atoms with Gasteiger partial charge in [0.2, 0.25) is 5.89 Å². The van der Waals surface area contributed by atoms with Gasteiger partial charge < -0.3 is 9.26 Å². The van der Waals surface area contributed by atoms with Gasteiger partial charge >= 0.3 is 0 Å². The van der Waals surface area contributed by atoms with E-state index >= 15 is 0 Å². The van der Waals surface area contributed by atoms with Crippen LogP contribution in [0.2, 0.25) is 0 Å². The first kappa shape index (κ1) is 14.2. The first-order valence-electron chi connectivity index (χ1n) is 7.35. The molecule has 1 aliphatic heterocycles. The lowest BCUT2D eigenvalue weighted by molar-refractivity contribution is 0.192. The number of hydrogen-bond acceptors (Lipinski definition) is 5. The minimum Gasteiger partial charge on any atom is -0.381 e. The number of nitrogens with zero attached hydrogens (tertiary/aromatic N) is 3. The maximum Gasteiger partial charge on any atom is 0.240 e. The van der Waals surface area contributed by atoms with Crippen LogP contribution in [0.4, 0.5) is 0 Å². The van der Waals surface area contributed by atoms with Crippen LogP contribution in [-0.4, -0.2) is 35.3 Å². The summed E-state index contributed by atoms with van der Waals surface area (Å²) >= 11 is 0. The van der Waals surface area contributed by atoms with Gasteiger partial charge in [-0.25, -0.2) is 0 Å².